The lowest BCUT2D eigenvalue weighted by Gasteiger charge is -2.09. The van der Waals surface area contributed by atoms with Crippen molar-refractivity contribution in [3.05, 3.63) is 75.3 Å². The van der Waals surface area contributed by atoms with Crippen molar-refractivity contribution in [3.8, 4) is 0 Å². The smallest absolute Gasteiger partial charge is 0.310 e. The van der Waals surface area contributed by atoms with Crippen LogP contribution >= 0.6 is 0 Å². The first-order valence-electron chi connectivity index (χ1n) is 6.52. The van der Waals surface area contributed by atoms with Crippen LogP contribution in [0.5, 0.6) is 0 Å². The van der Waals surface area contributed by atoms with Crippen LogP contribution < -0.4 is 0 Å². The van der Waals surface area contributed by atoms with E-state index in [4.69, 9.17) is 5.11 Å². The number of benzene rings is 2. The van der Waals surface area contributed by atoms with E-state index in [1.165, 1.54) is 19.1 Å². The number of aliphatic carboxylic acids is 1. The molecule has 0 aliphatic carbocycles. The molecule has 2 aromatic rings. The number of carbonyl (C=O) groups excluding carboxylic acids is 1. The fraction of sp³-hybridized carbons (Fsp3) is 0.125. The summed E-state index contributed by atoms with van der Waals surface area (Å²) in [6.07, 6.45) is 0. The average Bonchev–Trinajstić information content (AvgIpc) is 2.53. The van der Waals surface area contributed by atoms with Gasteiger partial charge in [-0.2, -0.15) is 0 Å². The van der Waals surface area contributed by atoms with E-state index < -0.39 is 16.8 Å². The van der Waals surface area contributed by atoms with Crippen molar-refractivity contribution < 1.29 is 19.6 Å². The Balaban J connectivity index is 2.53. The van der Waals surface area contributed by atoms with Crippen LogP contribution in [0.2, 0.25) is 0 Å². The molecule has 112 valence electrons. The first-order valence-corrected chi connectivity index (χ1v) is 6.52. The Bertz CT molecular complexity index is 739. The number of non-ortho nitro benzene ring substituents is 1. The normalized spacial score (nSPS) is 11.7. The molecule has 1 N–H and O–H groups in total. The van der Waals surface area contributed by atoms with Crippen LogP contribution in [0.3, 0.4) is 0 Å². The Morgan fingerprint density at radius 3 is 2.27 bits per heavy atom. The van der Waals surface area contributed by atoms with Gasteiger partial charge in [0, 0.05) is 23.3 Å². The van der Waals surface area contributed by atoms with Gasteiger partial charge in [0.25, 0.3) is 5.69 Å². The standard InChI is InChI=1S/C16H13NO5/c1-10(16(19)20)12-7-13(9-14(8-12)17(21)22)15(18)11-5-3-2-4-6-11/h2-10H,1H3,(H,19,20). The van der Waals surface area contributed by atoms with E-state index in [-0.39, 0.29) is 22.6 Å². The molecule has 0 amide bonds. The number of carbonyl (C=O) groups is 2. The number of hydrogen-bond donors (Lipinski definition) is 1. The molecule has 0 aliphatic rings. The van der Waals surface area contributed by atoms with Gasteiger partial charge in [-0.1, -0.05) is 30.3 Å². The molecule has 6 heteroatoms. The number of hydrogen-bond acceptors (Lipinski definition) is 4. The lowest BCUT2D eigenvalue weighted by Crippen LogP contribution is -2.10. The van der Waals surface area contributed by atoms with Gasteiger partial charge < -0.3 is 5.11 Å². The summed E-state index contributed by atoms with van der Waals surface area (Å²) in [6, 6.07) is 12.1. The lowest BCUT2D eigenvalue weighted by atomic mass is 9.95. The first-order chi connectivity index (χ1) is 10.4. The molecule has 0 aliphatic heterocycles. The number of nitrogens with zero attached hydrogens (tertiary/aromatic N) is 1. The molecule has 0 saturated heterocycles. The van der Waals surface area contributed by atoms with Gasteiger partial charge in [-0.25, -0.2) is 0 Å². The second kappa shape index (κ2) is 6.17. The molecule has 0 heterocycles. The van der Waals surface area contributed by atoms with Gasteiger partial charge in [0.2, 0.25) is 0 Å². The van der Waals surface area contributed by atoms with Crippen LogP contribution in [0, 0.1) is 10.1 Å². The van der Waals surface area contributed by atoms with Gasteiger partial charge in [0.1, 0.15) is 0 Å². The molecule has 0 aromatic heterocycles. The minimum Gasteiger partial charge on any atom is -0.481 e. The van der Waals surface area contributed by atoms with Crippen LogP contribution in [-0.2, 0) is 4.79 Å². The number of carboxylic acid groups (broad SMARTS) is 1. The second-order valence-corrected chi connectivity index (χ2v) is 4.83. The molecule has 0 fully saturated rings. The summed E-state index contributed by atoms with van der Waals surface area (Å²) < 4.78 is 0. The van der Waals surface area contributed by atoms with Gasteiger partial charge >= 0.3 is 5.97 Å². The quantitative estimate of drug-likeness (QED) is 0.520. The Morgan fingerprint density at radius 2 is 1.73 bits per heavy atom. The lowest BCUT2D eigenvalue weighted by molar-refractivity contribution is -0.384. The van der Waals surface area contributed by atoms with Crippen molar-refractivity contribution in [3.63, 3.8) is 0 Å². The fourth-order valence-electron chi connectivity index (χ4n) is 2.02. The molecule has 22 heavy (non-hydrogen) atoms. The summed E-state index contributed by atoms with van der Waals surface area (Å²) >= 11 is 0. The minimum atomic E-state index is -1.11. The first kappa shape index (κ1) is 15.4. The van der Waals surface area contributed by atoms with Crippen molar-refractivity contribution in [2.45, 2.75) is 12.8 Å². The van der Waals surface area contributed by atoms with E-state index >= 15 is 0 Å². The fourth-order valence-corrected chi connectivity index (χ4v) is 2.02. The van der Waals surface area contributed by atoms with Crippen molar-refractivity contribution in [2.75, 3.05) is 0 Å². The second-order valence-electron chi connectivity index (χ2n) is 4.83. The third-order valence-electron chi connectivity index (χ3n) is 3.32. The summed E-state index contributed by atoms with van der Waals surface area (Å²) in [5.41, 5.74) is 0.409. The molecule has 0 saturated carbocycles. The van der Waals surface area contributed by atoms with Crippen LogP contribution in [0.1, 0.15) is 34.3 Å². The maximum atomic E-state index is 12.4. The summed E-state index contributed by atoms with van der Waals surface area (Å²) in [4.78, 5) is 33.8. The van der Waals surface area contributed by atoms with Gasteiger partial charge in [0.05, 0.1) is 10.8 Å². The largest absolute Gasteiger partial charge is 0.481 e. The molecular weight excluding hydrogens is 286 g/mol. The van der Waals surface area contributed by atoms with E-state index in [0.29, 0.717) is 5.56 Å². The van der Waals surface area contributed by atoms with Crippen LogP contribution in [0.4, 0.5) is 5.69 Å². The van der Waals surface area contributed by atoms with Crippen LogP contribution in [-0.4, -0.2) is 21.8 Å². The molecule has 6 nitrogen and oxygen atoms in total. The molecule has 1 atom stereocenters. The number of ketones is 1. The number of nitro groups is 1. The number of nitro benzene ring substituents is 1. The van der Waals surface area contributed by atoms with Crippen LogP contribution in [0.25, 0.3) is 0 Å². The van der Waals surface area contributed by atoms with E-state index in [2.05, 4.69) is 0 Å². The highest BCUT2D eigenvalue weighted by atomic mass is 16.6. The highest BCUT2D eigenvalue weighted by molar-refractivity contribution is 6.09. The van der Waals surface area contributed by atoms with E-state index in [1.54, 1.807) is 30.3 Å². The number of carboxylic acids is 1. The van der Waals surface area contributed by atoms with E-state index in [9.17, 15) is 19.7 Å². The highest BCUT2D eigenvalue weighted by Crippen LogP contribution is 2.25. The SMILES string of the molecule is CC(C(=O)O)c1cc(C(=O)c2ccccc2)cc([N+](=O)[O-])c1. The van der Waals surface area contributed by atoms with Gasteiger partial charge in [-0.3, -0.25) is 19.7 Å². The van der Waals surface area contributed by atoms with Crippen molar-refractivity contribution in [2.24, 2.45) is 0 Å². The Morgan fingerprint density at radius 1 is 1.09 bits per heavy atom. The Hall–Kier alpha value is -3.02. The molecule has 0 radical (unpaired) electrons. The molecule has 2 aromatic carbocycles. The highest BCUT2D eigenvalue weighted by Gasteiger charge is 2.21. The van der Waals surface area contributed by atoms with E-state index in [0.717, 1.165) is 6.07 Å². The van der Waals surface area contributed by atoms with Crippen molar-refractivity contribution in [1.29, 1.82) is 0 Å². The van der Waals surface area contributed by atoms with Crippen molar-refractivity contribution in [1.82, 2.24) is 0 Å². The average molecular weight is 299 g/mol. The minimum absolute atomic E-state index is 0.100. The predicted molar refractivity (Wildman–Crippen MR) is 79.0 cm³/mol. The van der Waals surface area contributed by atoms with E-state index in [1.807, 2.05) is 0 Å². The Labute approximate surface area is 126 Å². The molecule has 0 spiro atoms. The maximum absolute atomic E-state index is 12.4. The Kier molecular flexibility index (Phi) is 4.31. The predicted octanol–water partition coefficient (Wildman–Crippen LogP) is 3.01. The number of rotatable bonds is 5. The maximum Gasteiger partial charge on any atom is 0.310 e. The third-order valence-corrected chi connectivity index (χ3v) is 3.32. The topological polar surface area (TPSA) is 97.5 Å². The zero-order valence-electron chi connectivity index (χ0n) is 11.7. The van der Waals surface area contributed by atoms with Gasteiger partial charge in [0.15, 0.2) is 5.78 Å². The zero-order chi connectivity index (χ0) is 16.3. The summed E-state index contributed by atoms with van der Waals surface area (Å²) in [5, 5.41) is 20.1. The van der Waals surface area contributed by atoms with Crippen molar-refractivity contribution >= 4 is 17.4 Å². The molecular formula is C16H13NO5. The van der Waals surface area contributed by atoms with Crippen LogP contribution in [0.15, 0.2) is 48.5 Å². The summed E-state index contributed by atoms with van der Waals surface area (Å²) in [7, 11) is 0. The van der Waals surface area contributed by atoms with Gasteiger partial charge in [-0.05, 0) is 18.6 Å². The molecule has 1 unspecified atom stereocenters. The molecule has 2 rings (SSSR count). The summed E-state index contributed by atoms with van der Waals surface area (Å²) in [5.74, 6) is -2.44. The zero-order valence-corrected chi connectivity index (χ0v) is 11.7. The third kappa shape index (κ3) is 3.17. The molecule has 0 bridgehead atoms. The van der Waals surface area contributed by atoms with Gasteiger partial charge in [-0.15, -0.1) is 0 Å². The summed E-state index contributed by atoms with van der Waals surface area (Å²) in [6.45, 7) is 1.41. The monoisotopic (exact) mass is 299 g/mol.